The number of halogens is 1. The highest BCUT2D eigenvalue weighted by molar-refractivity contribution is 5.95. The van der Waals surface area contributed by atoms with Crippen LogP contribution in [0.15, 0.2) is 36.7 Å². The minimum atomic E-state index is -0.690. The van der Waals surface area contributed by atoms with Gasteiger partial charge < -0.3 is 21.1 Å². The van der Waals surface area contributed by atoms with E-state index in [9.17, 15) is 4.79 Å². The predicted molar refractivity (Wildman–Crippen MR) is 88.7 cm³/mol. The number of carbonyl (C=O) groups is 1. The summed E-state index contributed by atoms with van der Waals surface area (Å²) >= 11 is 0. The van der Waals surface area contributed by atoms with Crippen LogP contribution in [-0.2, 0) is 16.6 Å². The van der Waals surface area contributed by atoms with Gasteiger partial charge >= 0.3 is 0 Å². The van der Waals surface area contributed by atoms with Crippen molar-refractivity contribution >= 4 is 35.4 Å². The molecule has 2 aromatic rings. The average molecular weight is 326 g/mol. The quantitative estimate of drug-likeness (QED) is 0.748. The minimum Gasteiger partial charge on any atom is -0.383 e. The van der Waals surface area contributed by atoms with Gasteiger partial charge in [0.05, 0.1) is 18.5 Å². The second-order valence-corrected chi connectivity index (χ2v) is 4.66. The topological polar surface area (TPSA) is 94.2 Å². The van der Waals surface area contributed by atoms with Crippen LogP contribution in [0.4, 0.5) is 17.1 Å². The molecule has 1 aromatic heterocycles. The number of nitrogens with two attached hydrogens (primary N) is 1. The summed E-state index contributed by atoms with van der Waals surface area (Å²) in [6, 6.07) is 6.68. The van der Waals surface area contributed by atoms with Gasteiger partial charge in [-0.1, -0.05) is 6.07 Å². The van der Waals surface area contributed by atoms with Crippen molar-refractivity contribution in [3.05, 3.63) is 36.7 Å². The first-order valence-corrected chi connectivity index (χ1v) is 6.49. The van der Waals surface area contributed by atoms with Crippen molar-refractivity contribution < 1.29 is 9.53 Å². The number of ether oxygens (including phenoxy) is 1. The van der Waals surface area contributed by atoms with Gasteiger partial charge in [-0.25, -0.2) is 0 Å². The van der Waals surface area contributed by atoms with Crippen molar-refractivity contribution in [2.45, 2.75) is 6.04 Å². The van der Waals surface area contributed by atoms with Crippen LogP contribution in [0.25, 0.3) is 0 Å². The van der Waals surface area contributed by atoms with E-state index in [2.05, 4.69) is 15.7 Å². The third kappa shape index (κ3) is 5.03. The molecular formula is C14H20ClN5O2. The third-order valence-electron chi connectivity index (χ3n) is 2.81. The first-order chi connectivity index (χ1) is 10.1. The van der Waals surface area contributed by atoms with E-state index < -0.39 is 6.04 Å². The van der Waals surface area contributed by atoms with Crippen LogP contribution in [0.5, 0.6) is 0 Å². The fourth-order valence-corrected chi connectivity index (χ4v) is 1.82. The Morgan fingerprint density at radius 2 is 2.14 bits per heavy atom. The molecule has 1 unspecified atom stereocenters. The van der Waals surface area contributed by atoms with E-state index in [1.165, 1.54) is 7.11 Å². The zero-order valence-electron chi connectivity index (χ0n) is 12.4. The maximum absolute atomic E-state index is 11.8. The molecule has 2 rings (SSSR count). The number of nitrogens with one attached hydrogen (secondary N) is 2. The number of carbonyl (C=O) groups excluding carboxylic acids is 1. The zero-order chi connectivity index (χ0) is 15.2. The van der Waals surface area contributed by atoms with E-state index in [1.54, 1.807) is 16.9 Å². The van der Waals surface area contributed by atoms with Crippen molar-refractivity contribution in [2.75, 3.05) is 24.4 Å². The maximum atomic E-state index is 11.8. The number of hydrogen-bond acceptors (Lipinski definition) is 5. The fourth-order valence-electron chi connectivity index (χ4n) is 1.82. The Morgan fingerprint density at radius 3 is 2.77 bits per heavy atom. The van der Waals surface area contributed by atoms with Gasteiger partial charge in [-0.3, -0.25) is 9.48 Å². The lowest BCUT2D eigenvalue weighted by atomic mass is 10.2. The molecular weight excluding hydrogens is 306 g/mol. The summed E-state index contributed by atoms with van der Waals surface area (Å²) in [6.07, 6.45) is 3.58. The standard InChI is InChI=1S/C14H19N5O2.ClH/c1-19-8-12(7-16-19)17-10-4-3-5-11(6-10)18-14(20)13(15)9-21-2;/h3-8,13,17H,9,15H2,1-2H3,(H,18,20);1H. The van der Waals surface area contributed by atoms with E-state index in [-0.39, 0.29) is 24.9 Å². The highest BCUT2D eigenvalue weighted by atomic mass is 35.5. The molecule has 0 saturated heterocycles. The Kier molecular flexibility index (Phi) is 6.84. The summed E-state index contributed by atoms with van der Waals surface area (Å²) in [5, 5.41) is 10.0. The Morgan fingerprint density at radius 1 is 1.41 bits per heavy atom. The number of hydrogen-bond donors (Lipinski definition) is 3. The van der Waals surface area contributed by atoms with Crippen LogP contribution in [0.3, 0.4) is 0 Å². The number of nitrogens with zero attached hydrogens (tertiary/aromatic N) is 2. The molecule has 0 radical (unpaired) electrons. The number of anilines is 3. The summed E-state index contributed by atoms with van der Waals surface area (Å²) < 4.78 is 6.57. The Bertz CT molecular complexity index is 617. The predicted octanol–water partition coefficient (Wildman–Crippen LogP) is 1.50. The van der Waals surface area contributed by atoms with Gasteiger partial charge in [0.2, 0.25) is 5.91 Å². The number of benzene rings is 1. The lowest BCUT2D eigenvalue weighted by Crippen LogP contribution is -2.39. The van der Waals surface area contributed by atoms with Gasteiger partial charge in [-0.2, -0.15) is 5.10 Å². The van der Waals surface area contributed by atoms with Crippen LogP contribution < -0.4 is 16.4 Å². The SMILES string of the molecule is COCC(N)C(=O)Nc1cccc(Nc2cnn(C)c2)c1.Cl. The zero-order valence-corrected chi connectivity index (χ0v) is 13.3. The van der Waals surface area contributed by atoms with Gasteiger partial charge in [-0.15, -0.1) is 12.4 Å². The van der Waals surface area contributed by atoms with Crippen LogP contribution in [-0.4, -0.2) is 35.4 Å². The van der Waals surface area contributed by atoms with Crippen molar-refractivity contribution in [3.63, 3.8) is 0 Å². The fraction of sp³-hybridized carbons (Fsp3) is 0.286. The summed E-state index contributed by atoms with van der Waals surface area (Å²) in [6.45, 7) is 0.180. The van der Waals surface area contributed by atoms with Crippen LogP contribution in [0, 0.1) is 0 Å². The Labute approximate surface area is 135 Å². The summed E-state index contributed by atoms with van der Waals surface area (Å²) in [7, 11) is 3.35. The molecule has 0 saturated carbocycles. The largest absolute Gasteiger partial charge is 0.383 e. The minimum absolute atomic E-state index is 0. The molecule has 0 aliphatic carbocycles. The highest BCUT2D eigenvalue weighted by Gasteiger charge is 2.13. The number of methoxy groups -OCH3 is 1. The number of amides is 1. The monoisotopic (exact) mass is 325 g/mol. The van der Waals surface area contributed by atoms with Crippen LogP contribution >= 0.6 is 12.4 Å². The molecule has 1 heterocycles. The van der Waals surface area contributed by atoms with E-state index in [4.69, 9.17) is 10.5 Å². The molecule has 120 valence electrons. The highest BCUT2D eigenvalue weighted by Crippen LogP contribution is 2.19. The van der Waals surface area contributed by atoms with Crippen molar-refractivity contribution in [3.8, 4) is 0 Å². The van der Waals surface area contributed by atoms with Crippen LogP contribution in [0.1, 0.15) is 0 Å². The van der Waals surface area contributed by atoms with Gasteiger partial charge in [0, 0.05) is 31.7 Å². The Hall–Kier alpha value is -2.09. The molecule has 0 aliphatic rings. The lowest BCUT2D eigenvalue weighted by Gasteiger charge is -2.12. The van der Waals surface area contributed by atoms with Crippen molar-refractivity contribution in [2.24, 2.45) is 12.8 Å². The first kappa shape index (κ1) is 18.0. The summed E-state index contributed by atoms with van der Waals surface area (Å²) in [5.41, 5.74) is 8.06. The van der Waals surface area contributed by atoms with Gasteiger partial charge in [0.25, 0.3) is 0 Å². The van der Waals surface area contributed by atoms with E-state index >= 15 is 0 Å². The molecule has 0 bridgehead atoms. The molecule has 1 atom stereocenters. The molecule has 1 aromatic carbocycles. The Balaban J connectivity index is 0.00000242. The molecule has 1 amide bonds. The van der Waals surface area contributed by atoms with Gasteiger partial charge in [0.1, 0.15) is 6.04 Å². The third-order valence-corrected chi connectivity index (χ3v) is 2.81. The van der Waals surface area contributed by atoms with Crippen LogP contribution in [0.2, 0.25) is 0 Å². The lowest BCUT2D eigenvalue weighted by molar-refractivity contribution is -0.118. The first-order valence-electron chi connectivity index (χ1n) is 6.49. The molecule has 4 N–H and O–H groups in total. The normalized spacial score (nSPS) is 11.4. The molecule has 7 nitrogen and oxygen atoms in total. The number of aryl methyl sites for hydroxylation is 1. The van der Waals surface area contributed by atoms with Gasteiger partial charge in [0.15, 0.2) is 0 Å². The van der Waals surface area contributed by atoms with E-state index in [0.29, 0.717) is 5.69 Å². The molecule has 0 aliphatic heterocycles. The molecule has 8 heteroatoms. The number of rotatable bonds is 6. The summed E-state index contributed by atoms with van der Waals surface area (Å²) in [4.78, 5) is 11.8. The summed E-state index contributed by atoms with van der Waals surface area (Å²) in [5.74, 6) is -0.282. The molecule has 22 heavy (non-hydrogen) atoms. The van der Waals surface area contributed by atoms with E-state index in [0.717, 1.165) is 11.4 Å². The second kappa shape index (κ2) is 8.38. The number of aromatic nitrogens is 2. The second-order valence-electron chi connectivity index (χ2n) is 4.66. The average Bonchev–Trinajstić information content (AvgIpc) is 2.84. The van der Waals surface area contributed by atoms with Crippen molar-refractivity contribution in [1.82, 2.24) is 9.78 Å². The molecule has 0 spiro atoms. The smallest absolute Gasteiger partial charge is 0.243 e. The molecule has 0 fully saturated rings. The maximum Gasteiger partial charge on any atom is 0.243 e. The van der Waals surface area contributed by atoms with Gasteiger partial charge in [-0.05, 0) is 18.2 Å². The van der Waals surface area contributed by atoms with E-state index in [1.807, 2.05) is 31.4 Å². The van der Waals surface area contributed by atoms with Crippen molar-refractivity contribution in [1.29, 1.82) is 0 Å².